The summed E-state index contributed by atoms with van der Waals surface area (Å²) in [5.41, 5.74) is 0.473. The van der Waals surface area contributed by atoms with Gasteiger partial charge >= 0.3 is 0 Å². The lowest BCUT2D eigenvalue weighted by Gasteiger charge is -2.26. The Morgan fingerprint density at radius 2 is 1.89 bits per heavy atom. The van der Waals surface area contributed by atoms with Crippen LogP contribution in [0.1, 0.15) is 33.3 Å². The van der Waals surface area contributed by atoms with E-state index in [1.54, 1.807) is 0 Å². The van der Waals surface area contributed by atoms with E-state index in [1.807, 2.05) is 52.9 Å². The second-order valence-electron chi connectivity index (χ2n) is 5.76. The van der Waals surface area contributed by atoms with Crippen LogP contribution in [0.4, 0.5) is 0 Å². The predicted octanol–water partition coefficient (Wildman–Crippen LogP) is 2.68. The normalized spacial score (nSPS) is 12.2. The third-order valence-electron chi connectivity index (χ3n) is 2.43. The molecule has 3 nitrogen and oxygen atoms in total. The van der Waals surface area contributed by atoms with Gasteiger partial charge in [0.25, 0.3) is 0 Å². The van der Waals surface area contributed by atoms with E-state index >= 15 is 0 Å². The van der Waals surface area contributed by atoms with Gasteiger partial charge < -0.3 is 9.84 Å². The Kier molecular flexibility index (Phi) is 5.17. The first-order valence-electron chi connectivity index (χ1n) is 6.43. The van der Waals surface area contributed by atoms with Crippen LogP contribution in [0.2, 0.25) is 0 Å². The van der Waals surface area contributed by atoms with Crippen LogP contribution < -0.4 is 4.74 Å². The molecule has 0 heterocycles. The van der Waals surface area contributed by atoms with Crippen LogP contribution >= 0.6 is 0 Å². The van der Waals surface area contributed by atoms with Crippen molar-refractivity contribution in [3.63, 3.8) is 0 Å². The molecule has 1 rings (SSSR count). The summed E-state index contributed by atoms with van der Waals surface area (Å²) in [6.45, 7) is 9.09. The van der Waals surface area contributed by atoms with Crippen LogP contribution in [0, 0.1) is 0 Å². The summed E-state index contributed by atoms with van der Waals surface area (Å²) >= 11 is 0. The molecule has 1 aromatic carbocycles. The molecule has 0 fully saturated rings. The van der Waals surface area contributed by atoms with Gasteiger partial charge in [0.05, 0.1) is 11.7 Å². The van der Waals surface area contributed by atoms with Crippen molar-refractivity contribution in [3.8, 4) is 5.75 Å². The smallest absolute Gasteiger partial charge is 0.124 e. The fraction of sp³-hybridized carbons (Fsp3) is 0.600. The lowest BCUT2D eigenvalue weighted by molar-refractivity contribution is 0.0421. The molecule has 0 unspecified atom stereocenters. The number of aliphatic hydroxyl groups is 1. The van der Waals surface area contributed by atoms with Crippen molar-refractivity contribution in [1.82, 2.24) is 4.90 Å². The van der Waals surface area contributed by atoms with Gasteiger partial charge in [0.15, 0.2) is 0 Å². The van der Waals surface area contributed by atoms with Gasteiger partial charge in [-0.05, 0) is 40.8 Å². The minimum atomic E-state index is -0.678. The molecule has 18 heavy (non-hydrogen) atoms. The van der Waals surface area contributed by atoms with Gasteiger partial charge in [-0.3, -0.25) is 4.90 Å². The molecular formula is C15H25NO2. The quantitative estimate of drug-likeness (QED) is 0.843. The summed E-state index contributed by atoms with van der Waals surface area (Å²) < 4.78 is 5.79. The minimum absolute atomic E-state index is 0.172. The fourth-order valence-electron chi connectivity index (χ4n) is 2.01. The zero-order valence-electron chi connectivity index (χ0n) is 12.1. The number of likely N-dealkylation sites (N-methyl/N-ethyl adjacent to an activating group) is 1. The predicted molar refractivity (Wildman–Crippen MR) is 74.8 cm³/mol. The van der Waals surface area contributed by atoms with Gasteiger partial charge in [-0.15, -0.1) is 0 Å². The maximum absolute atomic E-state index is 9.81. The SMILES string of the molecule is CC(C)Oc1ccccc1CN(C)CC(C)(C)O. The van der Waals surface area contributed by atoms with Gasteiger partial charge in [-0.1, -0.05) is 18.2 Å². The van der Waals surface area contributed by atoms with Crippen molar-refractivity contribution in [2.45, 2.75) is 45.9 Å². The first-order valence-corrected chi connectivity index (χ1v) is 6.43. The molecule has 0 amide bonds. The number of nitrogens with zero attached hydrogens (tertiary/aromatic N) is 1. The minimum Gasteiger partial charge on any atom is -0.491 e. The Hall–Kier alpha value is -1.06. The average molecular weight is 251 g/mol. The van der Waals surface area contributed by atoms with Gasteiger partial charge in [-0.2, -0.15) is 0 Å². The van der Waals surface area contributed by atoms with Gasteiger partial charge in [0, 0.05) is 18.7 Å². The largest absolute Gasteiger partial charge is 0.491 e. The van der Waals surface area contributed by atoms with Crippen LogP contribution in [-0.2, 0) is 6.54 Å². The van der Waals surface area contributed by atoms with Crippen molar-refractivity contribution >= 4 is 0 Å². The highest BCUT2D eigenvalue weighted by atomic mass is 16.5. The Morgan fingerprint density at radius 3 is 2.44 bits per heavy atom. The van der Waals surface area contributed by atoms with E-state index in [-0.39, 0.29) is 6.10 Å². The summed E-state index contributed by atoms with van der Waals surface area (Å²) in [6.07, 6.45) is 0.172. The summed E-state index contributed by atoms with van der Waals surface area (Å²) in [7, 11) is 2.00. The molecule has 0 spiro atoms. The van der Waals surface area contributed by atoms with E-state index in [4.69, 9.17) is 4.74 Å². The molecule has 0 aromatic heterocycles. The van der Waals surface area contributed by atoms with E-state index in [2.05, 4.69) is 11.0 Å². The van der Waals surface area contributed by atoms with Crippen LogP contribution in [-0.4, -0.2) is 35.3 Å². The molecule has 0 atom stereocenters. The van der Waals surface area contributed by atoms with Crippen molar-refractivity contribution in [1.29, 1.82) is 0 Å². The standard InChI is InChI=1S/C15H25NO2/c1-12(2)18-14-9-7-6-8-13(14)10-16(5)11-15(3,4)17/h6-9,12,17H,10-11H2,1-5H3. The van der Waals surface area contributed by atoms with Gasteiger partial charge in [-0.25, -0.2) is 0 Å². The Morgan fingerprint density at radius 1 is 1.28 bits per heavy atom. The molecule has 0 aliphatic heterocycles. The molecule has 0 bridgehead atoms. The molecule has 1 aromatic rings. The van der Waals surface area contributed by atoms with Crippen molar-refractivity contribution in [2.24, 2.45) is 0 Å². The van der Waals surface area contributed by atoms with Crippen LogP contribution in [0.3, 0.4) is 0 Å². The topological polar surface area (TPSA) is 32.7 Å². The van der Waals surface area contributed by atoms with Crippen LogP contribution in [0.5, 0.6) is 5.75 Å². The van der Waals surface area contributed by atoms with Crippen molar-refractivity contribution in [2.75, 3.05) is 13.6 Å². The third kappa shape index (κ3) is 5.52. The van der Waals surface area contributed by atoms with E-state index in [0.29, 0.717) is 6.54 Å². The zero-order chi connectivity index (χ0) is 13.8. The molecule has 3 heteroatoms. The number of benzene rings is 1. The number of hydrogen-bond acceptors (Lipinski definition) is 3. The van der Waals surface area contributed by atoms with Crippen molar-refractivity contribution < 1.29 is 9.84 Å². The van der Waals surface area contributed by atoms with Crippen LogP contribution in [0.25, 0.3) is 0 Å². The highest BCUT2D eigenvalue weighted by molar-refractivity contribution is 5.33. The average Bonchev–Trinajstić information content (AvgIpc) is 2.17. The lowest BCUT2D eigenvalue weighted by Crippen LogP contribution is -2.35. The van der Waals surface area contributed by atoms with Gasteiger partial charge in [0.1, 0.15) is 5.75 Å². The summed E-state index contributed by atoms with van der Waals surface area (Å²) in [4.78, 5) is 2.10. The number of hydrogen-bond donors (Lipinski definition) is 1. The Balaban J connectivity index is 2.71. The van der Waals surface area contributed by atoms with Crippen molar-refractivity contribution in [3.05, 3.63) is 29.8 Å². The third-order valence-corrected chi connectivity index (χ3v) is 2.43. The molecule has 0 aliphatic carbocycles. The van der Waals surface area contributed by atoms with E-state index in [1.165, 1.54) is 0 Å². The summed E-state index contributed by atoms with van der Waals surface area (Å²) in [6, 6.07) is 8.06. The molecule has 0 radical (unpaired) electrons. The molecule has 102 valence electrons. The molecular weight excluding hydrogens is 226 g/mol. The Bertz CT molecular complexity index is 369. The number of para-hydroxylation sites is 1. The zero-order valence-corrected chi connectivity index (χ0v) is 12.1. The number of ether oxygens (including phenoxy) is 1. The Labute approximate surface area is 110 Å². The van der Waals surface area contributed by atoms with E-state index in [0.717, 1.165) is 17.9 Å². The van der Waals surface area contributed by atoms with Gasteiger partial charge in [0.2, 0.25) is 0 Å². The second kappa shape index (κ2) is 6.21. The summed E-state index contributed by atoms with van der Waals surface area (Å²) in [5, 5.41) is 9.81. The van der Waals surface area contributed by atoms with E-state index < -0.39 is 5.60 Å². The fourth-order valence-corrected chi connectivity index (χ4v) is 2.01. The van der Waals surface area contributed by atoms with Crippen LogP contribution in [0.15, 0.2) is 24.3 Å². The number of rotatable bonds is 6. The molecule has 0 aliphatic rings. The highest BCUT2D eigenvalue weighted by Gasteiger charge is 2.16. The first-order chi connectivity index (χ1) is 8.28. The maximum atomic E-state index is 9.81. The highest BCUT2D eigenvalue weighted by Crippen LogP contribution is 2.21. The lowest BCUT2D eigenvalue weighted by atomic mass is 10.1. The van der Waals surface area contributed by atoms with E-state index in [9.17, 15) is 5.11 Å². The molecule has 1 N–H and O–H groups in total. The summed E-state index contributed by atoms with van der Waals surface area (Å²) in [5.74, 6) is 0.926. The molecule has 0 saturated heterocycles. The first kappa shape index (κ1) is 15.0. The molecule has 0 saturated carbocycles. The maximum Gasteiger partial charge on any atom is 0.124 e. The second-order valence-corrected chi connectivity index (χ2v) is 5.76. The monoisotopic (exact) mass is 251 g/mol.